The van der Waals surface area contributed by atoms with E-state index in [1.54, 1.807) is 13.8 Å². The third-order valence-corrected chi connectivity index (χ3v) is 1.69. The average molecular weight is 205 g/mol. The lowest BCUT2D eigenvalue weighted by Gasteiger charge is -2.13. The van der Waals surface area contributed by atoms with E-state index in [0.717, 1.165) is 6.20 Å². The molecule has 0 radical (unpaired) electrons. The van der Waals surface area contributed by atoms with Crippen LogP contribution < -0.4 is 5.73 Å². The fourth-order valence-corrected chi connectivity index (χ4v) is 1.07. The van der Waals surface area contributed by atoms with Crippen LogP contribution >= 0.6 is 0 Å². The Morgan fingerprint density at radius 2 is 1.93 bits per heavy atom. The van der Waals surface area contributed by atoms with E-state index in [2.05, 4.69) is 9.97 Å². The molecular weight excluding hydrogens is 195 g/mol. The van der Waals surface area contributed by atoms with Crippen LogP contribution in [0.1, 0.15) is 31.0 Å². The zero-order valence-corrected chi connectivity index (χ0v) is 7.76. The van der Waals surface area contributed by atoms with Gasteiger partial charge in [0, 0.05) is 6.20 Å². The van der Waals surface area contributed by atoms with E-state index in [9.17, 15) is 13.2 Å². The van der Waals surface area contributed by atoms with Crippen molar-refractivity contribution in [1.29, 1.82) is 0 Å². The molecule has 0 unspecified atom stereocenters. The van der Waals surface area contributed by atoms with E-state index < -0.39 is 11.7 Å². The quantitative estimate of drug-likeness (QED) is 0.764. The Kier molecular flexibility index (Phi) is 2.64. The summed E-state index contributed by atoms with van der Waals surface area (Å²) in [5, 5.41) is 0. The molecule has 0 aromatic carbocycles. The van der Waals surface area contributed by atoms with E-state index in [1.807, 2.05) is 0 Å². The van der Waals surface area contributed by atoms with Crippen LogP contribution in [-0.2, 0) is 6.18 Å². The van der Waals surface area contributed by atoms with Gasteiger partial charge in [-0.2, -0.15) is 13.2 Å². The first kappa shape index (κ1) is 10.7. The number of hydrogen-bond acceptors (Lipinski definition) is 3. The highest BCUT2D eigenvalue weighted by Gasteiger charge is 2.35. The molecule has 0 aliphatic heterocycles. The van der Waals surface area contributed by atoms with Crippen molar-refractivity contribution in [3.63, 3.8) is 0 Å². The van der Waals surface area contributed by atoms with Gasteiger partial charge in [0.05, 0.1) is 11.3 Å². The number of aromatic nitrogens is 2. The highest BCUT2D eigenvalue weighted by Crippen LogP contribution is 2.33. The Morgan fingerprint density at radius 1 is 1.36 bits per heavy atom. The second-order valence-corrected chi connectivity index (χ2v) is 3.18. The summed E-state index contributed by atoms with van der Waals surface area (Å²) in [4.78, 5) is 6.92. The molecule has 2 N–H and O–H groups in total. The van der Waals surface area contributed by atoms with Gasteiger partial charge in [0.2, 0.25) is 5.95 Å². The lowest BCUT2D eigenvalue weighted by Crippen LogP contribution is -2.14. The van der Waals surface area contributed by atoms with Gasteiger partial charge in [-0.05, 0) is 5.92 Å². The van der Waals surface area contributed by atoms with E-state index >= 15 is 0 Å². The number of nitrogens with zero attached hydrogens (tertiary/aromatic N) is 2. The SMILES string of the molecule is CC(C)c1nc(N)ncc1C(F)(F)F. The summed E-state index contributed by atoms with van der Waals surface area (Å²) >= 11 is 0. The van der Waals surface area contributed by atoms with Crippen LogP contribution in [0, 0.1) is 0 Å². The van der Waals surface area contributed by atoms with Gasteiger partial charge in [0.1, 0.15) is 0 Å². The lowest BCUT2D eigenvalue weighted by molar-refractivity contribution is -0.138. The summed E-state index contributed by atoms with van der Waals surface area (Å²) < 4.78 is 37.3. The maximum atomic E-state index is 12.4. The molecule has 78 valence electrons. The topological polar surface area (TPSA) is 51.8 Å². The highest BCUT2D eigenvalue weighted by molar-refractivity contribution is 5.29. The molecule has 1 heterocycles. The molecule has 0 saturated carbocycles. The van der Waals surface area contributed by atoms with Crippen molar-refractivity contribution in [2.45, 2.75) is 25.9 Å². The zero-order valence-electron chi connectivity index (χ0n) is 7.76. The first-order chi connectivity index (χ1) is 6.32. The smallest absolute Gasteiger partial charge is 0.368 e. The van der Waals surface area contributed by atoms with Crippen molar-refractivity contribution in [1.82, 2.24) is 9.97 Å². The molecule has 14 heavy (non-hydrogen) atoms. The second kappa shape index (κ2) is 3.43. The molecule has 0 bridgehead atoms. The Hall–Kier alpha value is -1.33. The summed E-state index contributed by atoms with van der Waals surface area (Å²) in [5.41, 5.74) is 4.34. The minimum Gasteiger partial charge on any atom is -0.368 e. The van der Waals surface area contributed by atoms with Crippen molar-refractivity contribution < 1.29 is 13.2 Å². The minimum absolute atomic E-state index is 0.0648. The van der Waals surface area contributed by atoms with Crippen molar-refractivity contribution in [3.8, 4) is 0 Å². The van der Waals surface area contributed by atoms with E-state index in [1.165, 1.54) is 0 Å². The third-order valence-electron chi connectivity index (χ3n) is 1.69. The Labute approximate surface area is 79.2 Å². The van der Waals surface area contributed by atoms with Crippen LogP contribution in [-0.4, -0.2) is 9.97 Å². The summed E-state index contributed by atoms with van der Waals surface area (Å²) in [6, 6.07) is 0. The van der Waals surface area contributed by atoms with Gasteiger partial charge in [0.15, 0.2) is 0 Å². The zero-order chi connectivity index (χ0) is 10.9. The molecule has 0 aliphatic carbocycles. The summed E-state index contributed by atoms with van der Waals surface area (Å²) in [6.45, 7) is 3.24. The largest absolute Gasteiger partial charge is 0.419 e. The fraction of sp³-hybridized carbons (Fsp3) is 0.500. The molecule has 1 aromatic heterocycles. The van der Waals surface area contributed by atoms with Gasteiger partial charge in [0.25, 0.3) is 0 Å². The molecule has 0 atom stereocenters. The van der Waals surface area contributed by atoms with Crippen LogP contribution in [0.15, 0.2) is 6.20 Å². The number of alkyl halides is 3. The van der Waals surface area contributed by atoms with Gasteiger partial charge in [-0.15, -0.1) is 0 Å². The Morgan fingerprint density at radius 3 is 2.36 bits per heavy atom. The van der Waals surface area contributed by atoms with E-state index in [-0.39, 0.29) is 17.6 Å². The molecule has 6 heteroatoms. The van der Waals surface area contributed by atoms with Gasteiger partial charge in [-0.25, -0.2) is 9.97 Å². The van der Waals surface area contributed by atoms with Gasteiger partial charge in [-0.1, -0.05) is 13.8 Å². The van der Waals surface area contributed by atoms with Gasteiger partial charge in [-0.3, -0.25) is 0 Å². The molecule has 3 nitrogen and oxygen atoms in total. The van der Waals surface area contributed by atoms with Crippen LogP contribution in [0.5, 0.6) is 0 Å². The predicted octanol–water partition coefficient (Wildman–Crippen LogP) is 2.20. The van der Waals surface area contributed by atoms with Crippen molar-refractivity contribution in [2.75, 3.05) is 5.73 Å². The van der Waals surface area contributed by atoms with Crippen molar-refractivity contribution >= 4 is 5.95 Å². The number of halogens is 3. The molecule has 1 aromatic rings. The van der Waals surface area contributed by atoms with E-state index in [0.29, 0.717) is 0 Å². The number of nitrogens with two attached hydrogens (primary N) is 1. The molecule has 0 aliphatic rings. The van der Waals surface area contributed by atoms with Crippen LogP contribution in [0.4, 0.5) is 19.1 Å². The molecule has 1 rings (SSSR count). The third kappa shape index (κ3) is 2.12. The van der Waals surface area contributed by atoms with Crippen LogP contribution in [0.25, 0.3) is 0 Å². The molecule has 0 spiro atoms. The van der Waals surface area contributed by atoms with Crippen LogP contribution in [0.2, 0.25) is 0 Å². The van der Waals surface area contributed by atoms with Gasteiger partial charge >= 0.3 is 6.18 Å². The first-order valence-corrected chi connectivity index (χ1v) is 4.02. The molecule has 0 fully saturated rings. The minimum atomic E-state index is -4.42. The van der Waals surface area contributed by atoms with Gasteiger partial charge < -0.3 is 5.73 Å². The summed E-state index contributed by atoms with van der Waals surface area (Å²) in [7, 11) is 0. The standard InChI is InChI=1S/C8H10F3N3/c1-4(2)6-5(8(9,10)11)3-13-7(12)14-6/h3-4H,1-2H3,(H2,12,13,14). The number of anilines is 1. The molecule has 0 saturated heterocycles. The first-order valence-electron chi connectivity index (χ1n) is 4.02. The normalized spacial score (nSPS) is 12.1. The van der Waals surface area contributed by atoms with Crippen LogP contribution in [0.3, 0.4) is 0 Å². The monoisotopic (exact) mass is 205 g/mol. The fourth-order valence-electron chi connectivity index (χ4n) is 1.07. The Balaban J connectivity index is 3.29. The summed E-state index contributed by atoms with van der Waals surface area (Å²) in [5.74, 6) is -0.473. The number of nitrogen functional groups attached to an aromatic ring is 1. The second-order valence-electron chi connectivity index (χ2n) is 3.18. The highest BCUT2D eigenvalue weighted by atomic mass is 19.4. The van der Waals surface area contributed by atoms with Crippen molar-refractivity contribution in [3.05, 3.63) is 17.5 Å². The maximum Gasteiger partial charge on any atom is 0.419 e. The Bertz CT molecular complexity index is 333. The lowest BCUT2D eigenvalue weighted by atomic mass is 10.1. The maximum absolute atomic E-state index is 12.4. The number of hydrogen-bond donors (Lipinski definition) is 1. The molecular formula is C8H10F3N3. The summed E-state index contributed by atoms with van der Waals surface area (Å²) in [6.07, 6.45) is -3.70. The van der Waals surface area contributed by atoms with E-state index in [4.69, 9.17) is 5.73 Å². The number of rotatable bonds is 1. The average Bonchev–Trinajstić information content (AvgIpc) is 2.01. The molecule has 0 amide bonds. The predicted molar refractivity (Wildman–Crippen MR) is 45.5 cm³/mol. The van der Waals surface area contributed by atoms with Crippen molar-refractivity contribution in [2.24, 2.45) is 0 Å².